The first-order chi connectivity index (χ1) is 10.8. The fourth-order valence-electron chi connectivity index (χ4n) is 3.55. The molecule has 2 heterocycles. The van der Waals surface area contributed by atoms with E-state index in [1.165, 1.54) is 18.4 Å². The van der Waals surface area contributed by atoms with Crippen LogP contribution in [0.4, 0.5) is 0 Å². The number of nitrogens with zero attached hydrogens (tertiary/aromatic N) is 1. The molecule has 0 bridgehead atoms. The molecule has 2 saturated heterocycles. The lowest BCUT2D eigenvalue weighted by Crippen LogP contribution is -2.45. The molecule has 2 N–H and O–H groups in total. The van der Waals surface area contributed by atoms with Crippen LogP contribution < -0.4 is 10.6 Å². The van der Waals surface area contributed by atoms with Crippen molar-refractivity contribution in [2.24, 2.45) is 5.92 Å². The van der Waals surface area contributed by atoms with Crippen LogP contribution in [0.1, 0.15) is 31.2 Å². The molecule has 0 aliphatic carbocycles. The number of benzene rings is 1. The van der Waals surface area contributed by atoms with Gasteiger partial charge in [-0.25, -0.2) is 0 Å². The minimum atomic E-state index is 0. The Kier molecular flexibility index (Phi) is 9.67. The first kappa shape index (κ1) is 21.2. The standard InChI is InChI=1S/C18H27N3O.2ClH/c22-18(20-12-17-9-4-10-19-17)16-8-5-11-21(14-16)13-15-6-2-1-3-7-15;;/h1-3,6-7,16-17,19H,4-5,8-14H2,(H,20,22);2*1H. The van der Waals surface area contributed by atoms with E-state index >= 15 is 0 Å². The van der Waals surface area contributed by atoms with Crippen molar-refractivity contribution in [3.8, 4) is 0 Å². The van der Waals surface area contributed by atoms with E-state index in [2.05, 4.69) is 39.8 Å². The maximum Gasteiger partial charge on any atom is 0.224 e. The third-order valence-electron chi connectivity index (χ3n) is 4.81. The van der Waals surface area contributed by atoms with E-state index < -0.39 is 0 Å². The van der Waals surface area contributed by atoms with Gasteiger partial charge in [0.2, 0.25) is 5.91 Å². The molecule has 0 aromatic heterocycles. The van der Waals surface area contributed by atoms with Crippen LogP contribution >= 0.6 is 24.8 Å². The number of amides is 1. The van der Waals surface area contributed by atoms with Crippen molar-refractivity contribution in [3.63, 3.8) is 0 Å². The highest BCUT2D eigenvalue weighted by Crippen LogP contribution is 2.19. The Bertz CT molecular complexity index is 480. The largest absolute Gasteiger partial charge is 0.354 e. The van der Waals surface area contributed by atoms with Crippen LogP contribution in [0.3, 0.4) is 0 Å². The maximum atomic E-state index is 12.4. The van der Waals surface area contributed by atoms with Crippen molar-refractivity contribution >= 4 is 30.7 Å². The molecule has 2 unspecified atom stereocenters. The number of nitrogens with one attached hydrogen (secondary N) is 2. The second kappa shape index (κ2) is 10.9. The van der Waals surface area contributed by atoms with Crippen LogP contribution in [-0.2, 0) is 11.3 Å². The van der Waals surface area contributed by atoms with Crippen LogP contribution in [0.15, 0.2) is 30.3 Å². The number of rotatable bonds is 5. The van der Waals surface area contributed by atoms with Crippen molar-refractivity contribution in [2.45, 2.75) is 38.3 Å². The summed E-state index contributed by atoms with van der Waals surface area (Å²) in [5.41, 5.74) is 1.33. The summed E-state index contributed by atoms with van der Waals surface area (Å²) >= 11 is 0. The summed E-state index contributed by atoms with van der Waals surface area (Å²) in [6.45, 7) is 4.82. The molecule has 2 fully saturated rings. The van der Waals surface area contributed by atoms with Gasteiger partial charge in [-0.1, -0.05) is 30.3 Å². The first-order valence-corrected chi connectivity index (χ1v) is 8.58. The molecule has 2 aliphatic rings. The molecule has 136 valence electrons. The molecule has 2 aliphatic heterocycles. The average Bonchev–Trinajstić information content (AvgIpc) is 3.07. The van der Waals surface area contributed by atoms with Gasteiger partial charge in [-0.2, -0.15) is 0 Å². The molecule has 0 saturated carbocycles. The minimum Gasteiger partial charge on any atom is -0.354 e. The lowest BCUT2D eigenvalue weighted by Gasteiger charge is -2.32. The number of piperidine rings is 1. The van der Waals surface area contributed by atoms with Crippen LogP contribution in [0, 0.1) is 5.92 Å². The molecule has 1 aromatic carbocycles. The summed E-state index contributed by atoms with van der Waals surface area (Å²) in [5.74, 6) is 0.394. The zero-order valence-corrected chi connectivity index (χ0v) is 15.7. The monoisotopic (exact) mass is 373 g/mol. The van der Waals surface area contributed by atoms with Gasteiger partial charge >= 0.3 is 0 Å². The van der Waals surface area contributed by atoms with Gasteiger partial charge in [-0.05, 0) is 44.3 Å². The number of hydrogen-bond acceptors (Lipinski definition) is 3. The summed E-state index contributed by atoms with van der Waals surface area (Å²) in [7, 11) is 0. The second-order valence-corrected chi connectivity index (χ2v) is 6.60. The summed E-state index contributed by atoms with van der Waals surface area (Å²) in [4.78, 5) is 14.8. The zero-order chi connectivity index (χ0) is 15.2. The van der Waals surface area contributed by atoms with Gasteiger partial charge in [-0.15, -0.1) is 24.8 Å². The number of carbonyl (C=O) groups is 1. The summed E-state index contributed by atoms with van der Waals surface area (Å²) in [5, 5.41) is 6.58. The number of carbonyl (C=O) groups excluding carboxylic acids is 1. The fourth-order valence-corrected chi connectivity index (χ4v) is 3.55. The van der Waals surface area contributed by atoms with E-state index in [0.29, 0.717) is 6.04 Å². The third kappa shape index (κ3) is 6.25. The lowest BCUT2D eigenvalue weighted by molar-refractivity contribution is -0.126. The van der Waals surface area contributed by atoms with Gasteiger partial charge in [0.15, 0.2) is 0 Å². The Morgan fingerprint density at radius 1 is 1.17 bits per heavy atom. The highest BCUT2D eigenvalue weighted by atomic mass is 35.5. The van der Waals surface area contributed by atoms with Crippen LogP contribution in [0.5, 0.6) is 0 Å². The quantitative estimate of drug-likeness (QED) is 0.833. The normalized spacial score (nSPS) is 23.8. The minimum absolute atomic E-state index is 0. The fraction of sp³-hybridized carbons (Fsp3) is 0.611. The second-order valence-electron chi connectivity index (χ2n) is 6.60. The van der Waals surface area contributed by atoms with Gasteiger partial charge in [0.25, 0.3) is 0 Å². The predicted molar refractivity (Wildman–Crippen MR) is 103 cm³/mol. The Hall–Kier alpha value is -0.810. The number of halogens is 2. The van der Waals surface area contributed by atoms with E-state index in [0.717, 1.165) is 45.6 Å². The Morgan fingerprint density at radius 3 is 2.67 bits per heavy atom. The number of hydrogen-bond donors (Lipinski definition) is 2. The van der Waals surface area contributed by atoms with Gasteiger partial charge < -0.3 is 10.6 Å². The van der Waals surface area contributed by atoms with Crippen LogP contribution in [0.25, 0.3) is 0 Å². The van der Waals surface area contributed by atoms with Crippen LogP contribution in [0.2, 0.25) is 0 Å². The highest BCUT2D eigenvalue weighted by Gasteiger charge is 2.26. The summed E-state index contributed by atoms with van der Waals surface area (Å²) < 4.78 is 0. The van der Waals surface area contributed by atoms with E-state index in [1.54, 1.807) is 0 Å². The van der Waals surface area contributed by atoms with Crippen LogP contribution in [-0.4, -0.2) is 43.0 Å². The molecule has 4 nitrogen and oxygen atoms in total. The molecule has 1 amide bonds. The Balaban J connectivity index is 0.00000144. The molecule has 0 radical (unpaired) electrons. The summed E-state index contributed by atoms with van der Waals surface area (Å²) in [6.07, 6.45) is 4.56. The maximum absolute atomic E-state index is 12.4. The van der Waals surface area contributed by atoms with Crippen molar-refractivity contribution < 1.29 is 4.79 Å². The van der Waals surface area contributed by atoms with Gasteiger partial charge in [-0.3, -0.25) is 9.69 Å². The van der Waals surface area contributed by atoms with E-state index in [9.17, 15) is 4.79 Å². The van der Waals surface area contributed by atoms with Crippen molar-refractivity contribution in [3.05, 3.63) is 35.9 Å². The lowest BCUT2D eigenvalue weighted by atomic mass is 9.96. The Morgan fingerprint density at radius 2 is 1.96 bits per heavy atom. The zero-order valence-electron chi connectivity index (χ0n) is 14.1. The molecule has 6 heteroatoms. The molecular weight excluding hydrogens is 345 g/mol. The van der Waals surface area contributed by atoms with Gasteiger partial charge in [0.05, 0.1) is 5.92 Å². The third-order valence-corrected chi connectivity index (χ3v) is 4.81. The highest BCUT2D eigenvalue weighted by molar-refractivity contribution is 5.85. The van der Waals surface area contributed by atoms with Crippen molar-refractivity contribution in [2.75, 3.05) is 26.2 Å². The molecule has 0 spiro atoms. The molecule has 2 atom stereocenters. The number of likely N-dealkylation sites (tertiary alicyclic amines) is 1. The van der Waals surface area contributed by atoms with Crippen molar-refractivity contribution in [1.82, 2.24) is 15.5 Å². The average molecular weight is 374 g/mol. The molecule has 1 aromatic rings. The van der Waals surface area contributed by atoms with Gasteiger partial charge in [0.1, 0.15) is 0 Å². The molecular formula is C18H29Cl2N3O. The van der Waals surface area contributed by atoms with E-state index in [1.807, 2.05) is 6.07 Å². The SMILES string of the molecule is Cl.Cl.O=C(NCC1CCCN1)C1CCCN(Cc2ccccc2)C1. The van der Waals surface area contributed by atoms with Gasteiger partial charge in [0, 0.05) is 25.7 Å². The summed E-state index contributed by atoms with van der Waals surface area (Å²) in [6, 6.07) is 11.0. The van der Waals surface area contributed by atoms with E-state index in [4.69, 9.17) is 0 Å². The molecule has 24 heavy (non-hydrogen) atoms. The predicted octanol–water partition coefficient (Wildman–Crippen LogP) is 2.61. The van der Waals surface area contributed by atoms with E-state index in [-0.39, 0.29) is 36.6 Å². The Labute approximate surface area is 157 Å². The first-order valence-electron chi connectivity index (χ1n) is 8.58. The topological polar surface area (TPSA) is 44.4 Å². The smallest absolute Gasteiger partial charge is 0.224 e. The van der Waals surface area contributed by atoms with Crippen molar-refractivity contribution in [1.29, 1.82) is 0 Å². The molecule has 3 rings (SSSR count).